The number of amides is 1. The van der Waals surface area contributed by atoms with E-state index in [2.05, 4.69) is 58.7 Å². The van der Waals surface area contributed by atoms with Gasteiger partial charge in [0, 0.05) is 47.9 Å². The normalized spacial score (nSPS) is 24.3. The van der Waals surface area contributed by atoms with Crippen LogP contribution in [-0.2, 0) is 4.79 Å². The van der Waals surface area contributed by atoms with Gasteiger partial charge in [-0.25, -0.2) is 0 Å². The molecule has 5 rings (SSSR count). The number of benzene rings is 2. The molecule has 3 heterocycles. The van der Waals surface area contributed by atoms with E-state index in [1.54, 1.807) is 0 Å². The van der Waals surface area contributed by atoms with E-state index in [1.807, 2.05) is 23.7 Å². The molecule has 6 heteroatoms. The summed E-state index contributed by atoms with van der Waals surface area (Å²) in [6.45, 7) is 0.718. The van der Waals surface area contributed by atoms with Gasteiger partial charge in [-0.3, -0.25) is 4.79 Å². The zero-order chi connectivity index (χ0) is 19.1. The van der Waals surface area contributed by atoms with Gasteiger partial charge in [-0.2, -0.15) is 0 Å². The first-order chi connectivity index (χ1) is 13.7. The molecule has 3 aliphatic heterocycles. The Balaban J connectivity index is 0.00000205. The minimum Gasteiger partial charge on any atom is -0.343 e. The summed E-state index contributed by atoms with van der Waals surface area (Å²) in [5.41, 5.74) is 2.42. The molecule has 2 bridgehead atoms. The zero-order valence-corrected chi connectivity index (χ0v) is 18.3. The molecule has 0 spiro atoms. The summed E-state index contributed by atoms with van der Waals surface area (Å²) in [7, 11) is 2.01. The fraction of sp³-hybridized carbons (Fsp3) is 0.435. The maximum Gasteiger partial charge on any atom is 0.224 e. The van der Waals surface area contributed by atoms with E-state index < -0.39 is 0 Å². The molecule has 1 N–H and O–H groups in total. The summed E-state index contributed by atoms with van der Waals surface area (Å²) < 4.78 is 0. The van der Waals surface area contributed by atoms with Crippen molar-refractivity contribution in [3.05, 3.63) is 48.5 Å². The highest BCUT2D eigenvalue weighted by molar-refractivity contribution is 7.99. The first-order valence-corrected chi connectivity index (χ1v) is 11.2. The van der Waals surface area contributed by atoms with Crippen LogP contribution in [0.3, 0.4) is 0 Å². The van der Waals surface area contributed by atoms with Gasteiger partial charge in [0.15, 0.2) is 0 Å². The van der Waals surface area contributed by atoms with Crippen LogP contribution in [0.25, 0.3) is 0 Å². The van der Waals surface area contributed by atoms with Crippen molar-refractivity contribution in [3.63, 3.8) is 0 Å². The molecule has 2 aromatic carbocycles. The summed E-state index contributed by atoms with van der Waals surface area (Å²) in [4.78, 5) is 19.9. The van der Waals surface area contributed by atoms with Crippen molar-refractivity contribution in [2.45, 2.75) is 60.0 Å². The fourth-order valence-electron chi connectivity index (χ4n) is 4.95. The highest BCUT2D eigenvalue weighted by atomic mass is 35.5. The number of halogens is 1. The quantitative estimate of drug-likeness (QED) is 0.754. The molecule has 2 saturated heterocycles. The topological polar surface area (TPSA) is 35.6 Å². The molecule has 0 radical (unpaired) electrons. The van der Waals surface area contributed by atoms with Gasteiger partial charge in [0.2, 0.25) is 5.91 Å². The molecule has 4 nitrogen and oxygen atoms in total. The van der Waals surface area contributed by atoms with Crippen molar-refractivity contribution in [3.8, 4) is 0 Å². The van der Waals surface area contributed by atoms with Gasteiger partial charge in [0.05, 0.1) is 11.4 Å². The predicted molar refractivity (Wildman–Crippen MR) is 122 cm³/mol. The molecule has 3 aliphatic rings. The smallest absolute Gasteiger partial charge is 0.224 e. The standard InChI is InChI=1S/C23H27N3OS.ClH/c1-25(18-14-16-10-11-17(15-18)24-16)23(27)12-13-26-19-6-2-4-8-21(19)28-22-9-5-3-7-20(22)26;/h2-9,16-18,24H,10-15H2,1H3;1H. The van der Waals surface area contributed by atoms with Crippen molar-refractivity contribution in [2.75, 3.05) is 18.5 Å². The minimum absolute atomic E-state index is 0. The van der Waals surface area contributed by atoms with E-state index in [0.717, 1.165) is 19.4 Å². The fourth-order valence-corrected chi connectivity index (χ4v) is 6.05. The number of nitrogens with one attached hydrogen (secondary N) is 1. The van der Waals surface area contributed by atoms with Crippen molar-refractivity contribution < 1.29 is 4.79 Å². The van der Waals surface area contributed by atoms with Crippen molar-refractivity contribution >= 4 is 41.5 Å². The molecule has 2 aromatic rings. The zero-order valence-electron chi connectivity index (χ0n) is 16.7. The van der Waals surface area contributed by atoms with Gasteiger partial charge in [0.25, 0.3) is 0 Å². The lowest BCUT2D eigenvalue weighted by molar-refractivity contribution is -0.132. The van der Waals surface area contributed by atoms with Gasteiger partial charge >= 0.3 is 0 Å². The first-order valence-electron chi connectivity index (χ1n) is 10.3. The van der Waals surface area contributed by atoms with Crippen molar-refractivity contribution in [2.24, 2.45) is 0 Å². The number of carbonyl (C=O) groups excluding carboxylic acids is 1. The van der Waals surface area contributed by atoms with Crippen LogP contribution in [0, 0.1) is 0 Å². The Morgan fingerprint density at radius 1 is 1.03 bits per heavy atom. The van der Waals surface area contributed by atoms with Crippen LogP contribution in [0.15, 0.2) is 58.3 Å². The van der Waals surface area contributed by atoms with Crippen molar-refractivity contribution in [1.82, 2.24) is 10.2 Å². The van der Waals surface area contributed by atoms with Crippen LogP contribution >= 0.6 is 24.2 Å². The number of fused-ring (bicyclic) bond motifs is 4. The van der Waals surface area contributed by atoms with Gasteiger partial charge in [-0.1, -0.05) is 36.0 Å². The first kappa shape index (κ1) is 20.6. The van der Waals surface area contributed by atoms with Crippen LogP contribution < -0.4 is 10.2 Å². The molecule has 0 aromatic heterocycles. The number of anilines is 2. The Morgan fingerprint density at radius 3 is 2.17 bits per heavy atom. The molecule has 1 amide bonds. The van der Waals surface area contributed by atoms with E-state index in [4.69, 9.17) is 0 Å². The highest BCUT2D eigenvalue weighted by Gasteiger charge is 2.36. The Bertz CT molecular complexity index is 834. The largest absolute Gasteiger partial charge is 0.343 e. The molecule has 2 fully saturated rings. The summed E-state index contributed by atoms with van der Waals surface area (Å²) in [6, 6.07) is 18.6. The third-order valence-electron chi connectivity index (χ3n) is 6.47. The third-order valence-corrected chi connectivity index (χ3v) is 7.60. The molecule has 154 valence electrons. The molecular weight excluding hydrogens is 402 g/mol. The summed E-state index contributed by atoms with van der Waals surface area (Å²) in [5, 5.41) is 3.67. The summed E-state index contributed by atoms with van der Waals surface area (Å²) >= 11 is 1.81. The van der Waals surface area contributed by atoms with Crippen LogP contribution in [0.2, 0.25) is 0 Å². The Morgan fingerprint density at radius 2 is 1.59 bits per heavy atom. The number of rotatable bonds is 4. The van der Waals surface area contributed by atoms with Crippen molar-refractivity contribution in [1.29, 1.82) is 0 Å². The predicted octanol–water partition coefficient (Wildman–Crippen LogP) is 4.84. The second-order valence-corrected chi connectivity index (χ2v) is 9.29. The van der Waals surface area contributed by atoms with Gasteiger partial charge in [-0.15, -0.1) is 12.4 Å². The van der Waals surface area contributed by atoms with E-state index in [-0.39, 0.29) is 18.3 Å². The lowest BCUT2D eigenvalue weighted by atomic mass is 9.98. The SMILES string of the molecule is CN(C(=O)CCN1c2ccccc2Sc2ccccc21)C1CC2CCC(C1)N2.Cl. The maximum absolute atomic E-state index is 13.0. The molecule has 29 heavy (non-hydrogen) atoms. The lowest BCUT2D eigenvalue weighted by Gasteiger charge is -2.37. The van der Waals surface area contributed by atoms with Crippen LogP contribution in [0.5, 0.6) is 0 Å². The third kappa shape index (κ3) is 4.00. The number of carbonyl (C=O) groups is 1. The molecule has 0 saturated carbocycles. The van der Waals surface area contributed by atoms with Gasteiger partial charge in [-0.05, 0) is 49.9 Å². The van der Waals surface area contributed by atoms with Crippen LogP contribution in [-0.4, -0.2) is 42.5 Å². The number of piperidine rings is 1. The van der Waals surface area contributed by atoms with Crippen LogP contribution in [0.4, 0.5) is 11.4 Å². The van der Waals surface area contributed by atoms with Gasteiger partial charge in [0.1, 0.15) is 0 Å². The lowest BCUT2D eigenvalue weighted by Crippen LogP contribution is -2.49. The Hall–Kier alpha value is -1.69. The molecule has 0 aliphatic carbocycles. The molecule has 2 unspecified atom stereocenters. The Kier molecular flexibility index (Phi) is 6.09. The Labute approximate surface area is 183 Å². The van der Waals surface area contributed by atoms with Crippen LogP contribution in [0.1, 0.15) is 32.1 Å². The maximum atomic E-state index is 13.0. The second-order valence-electron chi connectivity index (χ2n) is 8.21. The average Bonchev–Trinajstić information content (AvgIpc) is 3.07. The number of hydrogen-bond donors (Lipinski definition) is 1. The van der Waals surface area contributed by atoms with Gasteiger partial charge < -0.3 is 15.1 Å². The number of nitrogens with zero attached hydrogens (tertiary/aromatic N) is 2. The summed E-state index contributed by atoms with van der Waals surface area (Å²) in [6.07, 6.45) is 5.28. The van der Waals surface area contributed by atoms with E-state index in [1.165, 1.54) is 34.0 Å². The monoisotopic (exact) mass is 429 g/mol. The van der Waals surface area contributed by atoms with E-state index in [9.17, 15) is 4.79 Å². The average molecular weight is 430 g/mol. The van der Waals surface area contributed by atoms with E-state index in [0.29, 0.717) is 24.5 Å². The second kappa shape index (κ2) is 8.58. The van der Waals surface area contributed by atoms with E-state index >= 15 is 0 Å². The summed E-state index contributed by atoms with van der Waals surface area (Å²) in [5.74, 6) is 0.263. The number of hydrogen-bond acceptors (Lipinski definition) is 4. The molecular formula is C23H28ClN3OS. The minimum atomic E-state index is 0. The number of para-hydroxylation sites is 2. The highest BCUT2D eigenvalue weighted by Crippen LogP contribution is 2.47. The molecule has 2 atom stereocenters.